The lowest BCUT2D eigenvalue weighted by Crippen LogP contribution is -2.41. The minimum atomic E-state index is 0.381. The summed E-state index contributed by atoms with van der Waals surface area (Å²) in [6, 6.07) is 8.43. The van der Waals surface area contributed by atoms with E-state index in [0.29, 0.717) is 6.10 Å². The van der Waals surface area contributed by atoms with Crippen molar-refractivity contribution in [3.63, 3.8) is 0 Å². The van der Waals surface area contributed by atoms with Crippen LogP contribution in [0.3, 0.4) is 0 Å². The van der Waals surface area contributed by atoms with Crippen LogP contribution >= 0.6 is 0 Å². The summed E-state index contributed by atoms with van der Waals surface area (Å²) < 4.78 is 13.5. The predicted molar refractivity (Wildman–Crippen MR) is 116 cm³/mol. The van der Waals surface area contributed by atoms with Crippen LogP contribution in [0.25, 0.3) is 11.0 Å². The largest absolute Gasteiger partial charge is 0.383 e. The lowest BCUT2D eigenvalue weighted by atomic mass is 9.96. The van der Waals surface area contributed by atoms with Gasteiger partial charge in [0.1, 0.15) is 5.82 Å². The molecule has 0 amide bonds. The third kappa shape index (κ3) is 5.37. The summed E-state index contributed by atoms with van der Waals surface area (Å²) in [6.07, 6.45) is 5.31. The summed E-state index contributed by atoms with van der Waals surface area (Å²) in [5.74, 6) is 1.91. The number of hydrogen-bond donors (Lipinski definition) is 0. The number of nitrogens with zero attached hydrogens (tertiary/aromatic N) is 4. The van der Waals surface area contributed by atoms with Crippen LogP contribution in [-0.2, 0) is 23.1 Å². The van der Waals surface area contributed by atoms with E-state index in [1.54, 1.807) is 7.11 Å². The number of hydrogen-bond acceptors (Lipinski definition) is 5. The van der Waals surface area contributed by atoms with Crippen molar-refractivity contribution in [1.82, 2.24) is 19.4 Å². The first kappa shape index (κ1) is 20.8. The van der Waals surface area contributed by atoms with Gasteiger partial charge >= 0.3 is 0 Å². The van der Waals surface area contributed by atoms with Crippen LogP contribution in [0.15, 0.2) is 24.3 Å². The maximum atomic E-state index is 5.97. The highest BCUT2D eigenvalue weighted by Gasteiger charge is 2.25. The van der Waals surface area contributed by atoms with Crippen molar-refractivity contribution in [3.05, 3.63) is 30.1 Å². The Morgan fingerprint density at radius 1 is 1.17 bits per heavy atom. The van der Waals surface area contributed by atoms with Gasteiger partial charge in [0, 0.05) is 40.4 Å². The number of piperidine rings is 1. The Hall–Kier alpha value is -1.47. The van der Waals surface area contributed by atoms with E-state index in [1.807, 2.05) is 0 Å². The van der Waals surface area contributed by atoms with Crippen LogP contribution in [0.4, 0.5) is 0 Å². The van der Waals surface area contributed by atoms with E-state index >= 15 is 0 Å². The molecule has 0 saturated carbocycles. The molecule has 1 atom stereocenters. The first-order valence-electron chi connectivity index (χ1n) is 11.2. The summed E-state index contributed by atoms with van der Waals surface area (Å²) in [5, 5.41) is 0. The van der Waals surface area contributed by atoms with Gasteiger partial charge in [-0.1, -0.05) is 12.1 Å². The van der Waals surface area contributed by atoms with Gasteiger partial charge in [-0.2, -0.15) is 0 Å². The number of methoxy groups -OCH3 is 1. The molecule has 0 spiro atoms. The summed E-state index contributed by atoms with van der Waals surface area (Å²) >= 11 is 0. The Bertz CT molecular complexity index is 763. The second-order valence-corrected chi connectivity index (χ2v) is 8.68. The van der Waals surface area contributed by atoms with Crippen molar-refractivity contribution >= 4 is 11.0 Å². The second kappa shape index (κ2) is 10.0. The van der Waals surface area contributed by atoms with E-state index in [-0.39, 0.29) is 0 Å². The number of likely N-dealkylation sites (tertiary alicyclic amines) is 1. The highest BCUT2D eigenvalue weighted by Crippen LogP contribution is 2.22. The van der Waals surface area contributed by atoms with E-state index in [9.17, 15) is 0 Å². The maximum absolute atomic E-state index is 5.97. The molecule has 0 bridgehead atoms. The van der Waals surface area contributed by atoms with Crippen LogP contribution in [0.2, 0.25) is 0 Å². The van der Waals surface area contributed by atoms with Crippen molar-refractivity contribution in [2.75, 3.05) is 53.0 Å². The Morgan fingerprint density at radius 2 is 2.00 bits per heavy atom. The molecule has 4 rings (SSSR count). The molecule has 1 aromatic carbocycles. The van der Waals surface area contributed by atoms with Crippen molar-refractivity contribution in [1.29, 1.82) is 0 Å². The van der Waals surface area contributed by atoms with Gasteiger partial charge in [-0.3, -0.25) is 4.90 Å². The van der Waals surface area contributed by atoms with Crippen LogP contribution in [0, 0.1) is 5.92 Å². The molecule has 2 aliphatic rings. The Balaban J connectivity index is 1.40. The van der Waals surface area contributed by atoms with E-state index in [0.717, 1.165) is 56.7 Å². The highest BCUT2D eigenvalue weighted by molar-refractivity contribution is 5.75. The van der Waals surface area contributed by atoms with E-state index in [2.05, 4.69) is 45.7 Å². The van der Waals surface area contributed by atoms with E-state index in [4.69, 9.17) is 14.5 Å². The Kier molecular flexibility index (Phi) is 7.19. The van der Waals surface area contributed by atoms with Crippen LogP contribution in [0.5, 0.6) is 0 Å². The van der Waals surface area contributed by atoms with Crippen molar-refractivity contribution in [3.8, 4) is 0 Å². The predicted octanol–water partition coefficient (Wildman–Crippen LogP) is 2.91. The topological polar surface area (TPSA) is 42.8 Å². The van der Waals surface area contributed by atoms with Gasteiger partial charge in [0.05, 0.1) is 30.3 Å². The van der Waals surface area contributed by atoms with Crippen LogP contribution < -0.4 is 0 Å². The number of imidazole rings is 1. The van der Waals surface area contributed by atoms with Gasteiger partial charge in [0.25, 0.3) is 0 Å². The fourth-order valence-electron chi connectivity index (χ4n) is 4.79. The molecule has 6 heteroatoms. The zero-order chi connectivity index (χ0) is 20.1. The first-order chi connectivity index (χ1) is 14.2. The molecule has 160 valence electrons. The summed E-state index contributed by atoms with van der Waals surface area (Å²) in [6.45, 7) is 8.25. The molecular formula is C23H36N4O2. The number of benzene rings is 1. The number of para-hydroxylation sites is 2. The van der Waals surface area contributed by atoms with Gasteiger partial charge in [0.15, 0.2) is 0 Å². The molecule has 2 aromatic rings. The minimum Gasteiger partial charge on any atom is -0.383 e. The number of aromatic nitrogens is 2. The van der Waals surface area contributed by atoms with Gasteiger partial charge in [-0.25, -0.2) is 4.98 Å². The van der Waals surface area contributed by atoms with Gasteiger partial charge in [-0.15, -0.1) is 0 Å². The van der Waals surface area contributed by atoms with Crippen molar-refractivity contribution in [2.45, 2.75) is 38.3 Å². The number of ether oxygens (including phenoxy) is 2. The van der Waals surface area contributed by atoms with Gasteiger partial charge in [-0.05, 0) is 56.8 Å². The third-order valence-corrected chi connectivity index (χ3v) is 6.57. The standard InChI is InChI=1S/C23H36N4O2/c1-25-22-8-4-3-7-21(22)24-23(25)18-27(17-20-6-5-14-29-20)16-19-9-11-26(12-10-19)13-15-28-2/h3-4,7-8,19-20H,5-6,9-18H2,1-2H3. The lowest BCUT2D eigenvalue weighted by molar-refractivity contribution is 0.0540. The zero-order valence-electron chi connectivity index (χ0n) is 18.1. The Labute approximate surface area is 174 Å². The molecule has 2 fully saturated rings. The molecule has 3 heterocycles. The average Bonchev–Trinajstić information content (AvgIpc) is 3.36. The normalized spacial score (nSPS) is 21.6. The number of fused-ring (bicyclic) bond motifs is 1. The second-order valence-electron chi connectivity index (χ2n) is 8.68. The summed E-state index contributed by atoms with van der Waals surface area (Å²) in [4.78, 5) is 10.1. The fraction of sp³-hybridized carbons (Fsp3) is 0.696. The van der Waals surface area contributed by atoms with Crippen molar-refractivity contribution in [2.24, 2.45) is 13.0 Å². The molecular weight excluding hydrogens is 364 g/mol. The average molecular weight is 401 g/mol. The summed E-state index contributed by atoms with van der Waals surface area (Å²) in [5.41, 5.74) is 2.31. The fourth-order valence-corrected chi connectivity index (χ4v) is 4.79. The quantitative estimate of drug-likeness (QED) is 0.648. The molecule has 0 radical (unpaired) electrons. The third-order valence-electron chi connectivity index (χ3n) is 6.57. The van der Waals surface area contributed by atoms with Crippen molar-refractivity contribution < 1.29 is 9.47 Å². The minimum absolute atomic E-state index is 0.381. The molecule has 1 aromatic heterocycles. The molecule has 1 unspecified atom stereocenters. The molecule has 0 aliphatic carbocycles. The molecule has 29 heavy (non-hydrogen) atoms. The van der Waals surface area contributed by atoms with E-state index < -0.39 is 0 Å². The zero-order valence-corrected chi connectivity index (χ0v) is 18.1. The van der Waals surface area contributed by atoms with Gasteiger partial charge in [0.2, 0.25) is 0 Å². The van der Waals surface area contributed by atoms with E-state index in [1.165, 1.54) is 44.3 Å². The molecule has 2 aliphatic heterocycles. The number of aryl methyl sites for hydroxylation is 1. The first-order valence-corrected chi connectivity index (χ1v) is 11.2. The van der Waals surface area contributed by atoms with Crippen LogP contribution in [-0.4, -0.2) is 78.5 Å². The SMILES string of the molecule is COCCN1CCC(CN(Cc2nc3ccccc3n2C)CC2CCCO2)CC1. The monoisotopic (exact) mass is 400 g/mol. The molecule has 6 nitrogen and oxygen atoms in total. The summed E-state index contributed by atoms with van der Waals surface area (Å²) in [7, 11) is 3.93. The number of rotatable bonds is 9. The smallest absolute Gasteiger partial charge is 0.123 e. The Morgan fingerprint density at radius 3 is 2.72 bits per heavy atom. The molecule has 0 N–H and O–H groups in total. The lowest BCUT2D eigenvalue weighted by Gasteiger charge is -2.35. The highest BCUT2D eigenvalue weighted by atomic mass is 16.5. The maximum Gasteiger partial charge on any atom is 0.123 e. The van der Waals surface area contributed by atoms with Gasteiger partial charge < -0.3 is 18.9 Å². The molecule has 2 saturated heterocycles. The van der Waals surface area contributed by atoms with Crippen LogP contribution in [0.1, 0.15) is 31.5 Å².